The van der Waals surface area contributed by atoms with Crippen LogP contribution in [0.2, 0.25) is 0 Å². The predicted octanol–water partition coefficient (Wildman–Crippen LogP) is -0.557. The van der Waals surface area contributed by atoms with Crippen LogP contribution < -0.4 is 16.8 Å². The standard InChI is InChI=1S/C10H15N5O2/c1-3-10(2,9(12)17)15-8(16)6-4-14-7(11)5-13-6/h4-5H,3H2,1-2H3,(H2,11,14)(H2,12,17)(H,15,16). The van der Waals surface area contributed by atoms with Crippen LogP contribution in [0.4, 0.5) is 5.82 Å². The predicted molar refractivity (Wildman–Crippen MR) is 61.8 cm³/mol. The number of rotatable bonds is 4. The Balaban J connectivity index is 2.85. The normalized spacial score (nSPS) is 13.8. The second-order valence-corrected chi connectivity index (χ2v) is 3.83. The second kappa shape index (κ2) is 4.77. The van der Waals surface area contributed by atoms with Crippen LogP contribution in [-0.4, -0.2) is 27.3 Å². The van der Waals surface area contributed by atoms with Crippen LogP contribution in [0.1, 0.15) is 30.8 Å². The molecule has 7 nitrogen and oxygen atoms in total. The smallest absolute Gasteiger partial charge is 0.272 e. The molecule has 1 rings (SSSR count). The summed E-state index contributed by atoms with van der Waals surface area (Å²) in [5, 5.41) is 2.52. The van der Waals surface area contributed by atoms with E-state index in [4.69, 9.17) is 11.5 Å². The van der Waals surface area contributed by atoms with Gasteiger partial charge in [-0.15, -0.1) is 0 Å². The molecule has 5 N–H and O–H groups in total. The highest BCUT2D eigenvalue weighted by Crippen LogP contribution is 2.09. The van der Waals surface area contributed by atoms with Gasteiger partial charge in [0.2, 0.25) is 5.91 Å². The van der Waals surface area contributed by atoms with Crippen LogP contribution in [0, 0.1) is 0 Å². The number of nitrogens with zero attached hydrogens (tertiary/aromatic N) is 2. The molecule has 7 heteroatoms. The van der Waals surface area contributed by atoms with E-state index >= 15 is 0 Å². The van der Waals surface area contributed by atoms with Crippen molar-refractivity contribution in [2.45, 2.75) is 25.8 Å². The van der Waals surface area contributed by atoms with Crippen LogP contribution in [0.25, 0.3) is 0 Å². The molecule has 0 aromatic carbocycles. The first-order valence-corrected chi connectivity index (χ1v) is 5.09. The van der Waals surface area contributed by atoms with Crippen molar-refractivity contribution in [3.63, 3.8) is 0 Å². The molecule has 1 aromatic heterocycles. The fraction of sp³-hybridized carbons (Fsp3) is 0.400. The Labute approximate surface area is 98.6 Å². The molecule has 0 aliphatic heterocycles. The highest BCUT2D eigenvalue weighted by atomic mass is 16.2. The molecule has 0 aliphatic carbocycles. The second-order valence-electron chi connectivity index (χ2n) is 3.83. The number of amides is 2. The molecular formula is C10H15N5O2. The summed E-state index contributed by atoms with van der Waals surface area (Å²) in [6.07, 6.45) is 2.89. The number of anilines is 1. The first-order chi connectivity index (χ1) is 7.89. The van der Waals surface area contributed by atoms with E-state index < -0.39 is 17.4 Å². The Kier molecular flexibility index (Phi) is 3.62. The van der Waals surface area contributed by atoms with Crippen LogP contribution >= 0.6 is 0 Å². The molecule has 0 saturated heterocycles. The summed E-state index contributed by atoms with van der Waals surface area (Å²) in [5.74, 6) is -0.896. The van der Waals surface area contributed by atoms with Gasteiger partial charge in [0.05, 0.1) is 12.4 Å². The average Bonchev–Trinajstić information content (AvgIpc) is 2.29. The van der Waals surface area contributed by atoms with Crippen molar-refractivity contribution in [3.05, 3.63) is 18.1 Å². The van der Waals surface area contributed by atoms with Crippen molar-refractivity contribution < 1.29 is 9.59 Å². The van der Waals surface area contributed by atoms with E-state index in [0.29, 0.717) is 6.42 Å². The Morgan fingerprint density at radius 1 is 1.41 bits per heavy atom. The summed E-state index contributed by atoms with van der Waals surface area (Å²) in [4.78, 5) is 30.5. The van der Waals surface area contributed by atoms with Gasteiger partial charge in [-0.2, -0.15) is 0 Å². The van der Waals surface area contributed by atoms with Crippen LogP contribution in [0.5, 0.6) is 0 Å². The highest BCUT2D eigenvalue weighted by Gasteiger charge is 2.31. The summed E-state index contributed by atoms with van der Waals surface area (Å²) in [5.41, 5.74) is 9.56. The summed E-state index contributed by atoms with van der Waals surface area (Å²) in [7, 11) is 0. The number of nitrogens with two attached hydrogens (primary N) is 2. The van der Waals surface area contributed by atoms with Gasteiger partial charge in [-0.05, 0) is 13.3 Å². The van der Waals surface area contributed by atoms with Crippen molar-refractivity contribution in [1.82, 2.24) is 15.3 Å². The molecule has 0 bridgehead atoms. The van der Waals surface area contributed by atoms with Crippen molar-refractivity contribution in [3.8, 4) is 0 Å². The summed E-state index contributed by atoms with van der Waals surface area (Å²) in [6, 6.07) is 0. The van der Waals surface area contributed by atoms with Crippen molar-refractivity contribution >= 4 is 17.6 Å². The van der Waals surface area contributed by atoms with Gasteiger partial charge in [-0.25, -0.2) is 9.97 Å². The topological polar surface area (TPSA) is 124 Å². The Morgan fingerprint density at radius 2 is 2.06 bits per heavy atom. The lowest BCUT2D eigenvalue weighted by Gasteiger charge is -2.25. The van der Waals surface area contributed by atoms with Gasteiger partial charge < -0.3 is 16.8 Å². The fourth-order valence-corrected chi connectivity index (χ4v) is 1.09. The summed E-state index contributed by atoms with van der Waals surface area (Å²) in [6.45, 7) is 3.30. The van der Waals surface area contributed by atoms with Gasteiger partial charge in [0, 0.05) is 0 Å². The van der Waals surface area contributed by atoms with Gasteiger partial charge >= 0.3 is 0 Å². The largest absolute Gasteiger partial charge is 0.382 e. The summed E-state index contributed by atoms with van der Waals surface area (Å²) < 4.78 is 0. The molecular weight excluding hydrogens is 222 g/mol. The lowest BCUT2D eigenvalue weighted by molar-refractivity contribution is -0.123. The zero-order chi connectivity index (χ0) is 13.1. The highest BCUT2D eigenvalue weighted by molar-refractivity contribution is 5.97. The number of hydrogen-bond donors (Lipinski definition) is 3. The SMILES string of the molecule is CCC(C)(NC(=O)c1cnc(N)cn1)C(N)=O. The Hall–Kier alpha value is -2.18. The van der Waals surface area contributed by atoms with Crippen LogP contribution in [0.3, 0.4) is 0 Å². The number of nitrogen functional groups attached to an aromatic ring is 1. The molecule has 1 unspecified atom stereocenters. The minimum atomic E-state index is -1.10. The molecule has 0 aliphatic rings. The fourth-order valence-electron chi connectivity index (χ4n) is 1.09. The number of carbonyl (C=O) groups excluding carboxylic acids is 2. The number of primary amides is 1. The van der Waals surface area contributed by atoms with Crippen molar-refractivity contribution in [2.24, 2.45) is 5.73 Å². The van der Waals surface area contributed by atoms with Crippen molar-refractivity contribution in [1.29, 1.82) is 0 Å². The molecule has 92 valence electrons. The molecule has 0 radical (unpaired) electrons. The first kappa shape index (κ1) is 12.9. The number of carbonyl (C=O) groups is 2. The van der Waals surface area contributed by atoms with E-state index in [1.54, 1.807) is 13.8 Å². The Bertz CT molecular complexity index is 431. The molecule has 0 fully saturated rings. The number of aromatic nitrogens is 2. The van der Waals surface area contributed by atoms with Crippen molar-refractivity contribution in [2.75, 3.05) is 5.73 Å². The van der Waals surface area contributed by atoms with Crippen LogP contribution in [0.15, 0.2) is 12.4 Å². The third-order valence-electron chi connectivity index (χ3n) is 2.54. The maximum Gasteiger partial charge on any atom is 0.272 e. The first-order valence-electron chi connectivity index (χ1n) is 5.09. The van der Waals surface area contributed by atoms with Crippen LogP contribution in [-0.2, 0) is 4.79 Å². The molecule has 0 spiro atoms. The molecule has 17 heavy (non-hydrogen) atoms. The van der Waals surface area contributed by atoms with E-state index in [9.17, 15) is 9.59 Å². The quantitative estimate of drug-likeness (QED) is 0.647. The number of nitrogens with one attached hydrogen (secondary N) is 1. The van der Waals surface area contributed by atoms with E-state index in [2.05, 4.69) is 15.3 Å². The van der Waals surface area contributed by atoms with E-state index in [0.717, 1.165) is 0 Å². The molecule has 1 heterocycles. The van der Waals surface area contributed by atoms with E-state index in [-0.39, 0.29) is 11.5 Å². The monoisotopic (exact) mass is 237 g/mol. The lowest BCUT2D eigenvalue weighted by Crippen LogP contribution is -2.55. The van der Waals surface area contributed by atoms with Gasteiger partial charge in [0.25, 0.3) is 5.91 Å². The third-order valence-corrected chi connectivity index (χ3v) is 2.54. The average molecular weight is 237 g/mol. The van der Waals surface area contributed by atoms with Gasteiger partial charge in [-0.1, -0.05) is 6.92 Å². The lowest BCUT2D eigenvalue weighted by atomic mass is 9.98. The zero-order valence-corrected chi connectivity index (χ0v) is 9.73. The number of hydrogen-bond acceptors (Lipinski definition) is 5. The maximum absolute atomic E-state index is 11.8. The minimum Gasteiger partial charge on any atom is -0.382 e. The molecule has 2 amide bonds. The Morgan fingerprint density at radius 3 is 2.47 bits per heavy atom. The molecule has 1 aromatic rings. The van der Waals surface area contributed by atoms with E-state index in [1.807, 2.05) is 0 Å². The third kappa shape index (κ3) is 2.90. The van der Waals surface area contributed by atoms with E-state index in [1.165, 1.54) is 12.4 Å². The van der Waals surface area contributed by atoms with Gasteiger partial charge in [0.1, 0.15) is 17.1 Å². The minimum absolute atomic E-state index is 0.0834. The van der Waals surface area contributed by atoms with Gasteiger partial charge in [0.15, 0.2) is 0 Å². The summed E-state index contributed by atoms with van der Waals surface area (Å²) >= 11 is 0. The maximum atomic E-state index is 11.8. The van der Waals surface area contributed by atoms with Gasteiger partial charge in [-0.3, -0.25) is 9.59 Å². The zero-order valence-electron chi connectivity index (χ0n) is 9.73. The molecule has 0 saturated carbocycles. The molecule has 1 atom stereocenters.